The number of Topliss-reactive ketones (excluding diaryl/α,β-unsaturated/α-hetero) is 2. The van der Waals surface area contributed by atoms with Crippen LogP contribution >= 0.6 is 11.8 Å². The smallest absolute Gasteiger partial charge is 0.309 e. The molecule has 0 aliphatic carbocycles. The number of imidazole rings is 1. The second-order valence-electron chi connectivity index (χ2n) is 6.43. The molecule has 1 rings (SSSR count). The number of rotatable bonds is 12. The first-order valence-electron chi connectivity index (χ1n) is 8.69. The van der Waals surface area contributed by atoms with E-state index in [9.17, 15) is 19.2 Å². The molecule has 2 N–H and O–H groups in total. The highest BCUT2D eigenvalue weighted by Gasteiger charge is 2.27. The first-order chi connectivity index (χ1) is 12.8. The maximum atomic E-state index is 12.7. The standard InChI is InChI=1S/C18H27N3O5S/c1-12(22)6-14(17(24)26-3)10-27-18(25)13(8-16(23)4-5-19)7-15-9-20-11-21(15)2/h9,11,13-14H,4-8,10,19H2,1-3H3/t13-,14?/m1/s1. The van der Waals surface area contributed by atoms with Crippen LogP contribution in [0.1, 0.15) is 31.9 Å². The van der Waals surface area contributed by atoms with E-state index >= 15 is 0 Å². The van der Waals surface area contributed by atoms with Crippen LogP contribution in [0.15, 0.2) is 12.5 Å². The number of nitrogens with two attached hydrogens (primary N) is 1. The number of methoxy groups -OCH3 is 1. The first kappa shape index (κ1) is 23.0. The Hall–Kier alpha value is -2.00. The summed E-state index contributed by atoms with van der Waals surface area (Å²) < 4.78 is 6.51. The fourth-order valence-electron chi connectivity index (χ4n) is 2.63. The molecular formula is C18H27N3O5S. The number of ketones is 2. The predicted octanol–water partition coefficient (Wildman–Crippen LogP) is 0.915. The van der Waals surface area contributed by atoms with Gasteiger partial charge in [-0.25, -0.2) is 4.98 Å². The van der Waals surface area contributed by atoms with Gasteiger partial charge in [0.05, 0.1) is 19.4 Å². The average Bonchev–Trinajstić information content (AvgIpc) is 3.01. The molecule has 0 spiro atoms. The normalized spacial score (nSPS) is 13.0. The number of nitrogens with zero attached hydrogens (tertiary/aromatic N) is 2. The number of aryl methyl sites for hydroxylation is 1. The Kier molecular flexibility index (Phi) is 9.95. The van der Waals surface area contributed by atoms with Gasteiger partial charge in [0.15, 0.2) is 5.12 Å². The van der Waals surface area contributed by atoms with Crippen molar-refractivity contribution in [3.8, 4) is 0 Å². The van der Waals surface area contributed by atoms with Gasteiger partial charge in [-0.2, -0.15) is 0 Å². The SMILES string of the molecule is COC(=O)C(CSC(=O)[C@@H](CC(=O)CCN)Cc1cncn1C)CC(C)=O. The van der Waals surface area contributed by atoms with Crippen LogP contribution in [0.4, 0.5) is 0 Å². The van der Waals surface area contributed by atoms with Crippen LogP contribution in [-0.4, -0.2) is 51.6 Å². The Labute approximate surface area is 163 Å². The van der Waals surface area contributed by atoms with Crippen molar-refractivity contribution in [2.24, 2.45) is 24.6 Å². The third-order valence-corrected chi connectivity index (χ3v) is 5.28. The van der Waals surface area contributed by atoms with E-state index in [2.05, 4.69) is 4.98 Å². The fraction of sp³-hybridized carbons (Fsp3) is 0.611. The third kappa shape index (κ3) is 8.04. The number of esters is 1. The van der Waals surface area contributed by atoms with Gasteiger partial charge in [0, 0.05) is 56.3 Å². The molecule has 9 heteroatoms. The van der Waals surface area contributed by atoms with Crippen molar-refractivity contribution in [1.29, 1.82) is 0 Å². The van der Waals surface area contributed by atoms with Crippen molar-refractivity contribution in [2.75, 3.05) is 19.4 Å². The zero-order chi connectivity index (χ0) is 20.4. The second-order valence-corrected chi connectivity index (χ2v) is 7.46. The van der Waals surface area contributed by atoms with Gasteiger partial charge in [-0.15, -0.1) is 0 Å². The molecule has 1 heterocycles. The fourth-order valence-corrected chi connectivity index (χ4v) is 3.66. The maximum absolute atomic E-state index is 12.7. The predicted molar refractivity (Wildman–Crippen MR) is 102 cm³/mol. The second kappa shape index (κ2) is 11.7. The van der Waals surface area contributed by atoms with Crippen LogP contribution in [0.3, 0.4) is 0 Å². The summed E-state index contributed by atoms with van der Waals surface area (Å²) in [6.45, 7) is 1.63. The molecule has 1 aromatic rings. The van der Waals surface area contributed by atoms with Crippen LogP contribution in [0.25, 0.3) is 0 Å². The molecular weight excluding hydrogens is 370 g/mol. The largest absolute Gasteiger partial charge is 0.469 e. The van der Waals surface area contributed by atoms with Crippen LogP contribution in [0.5, 0.6) is 0 Å². The zero-order valence-electron chi connectivity index (χ0n) is 16.0. The lowest BCUT2D eigenvalue weighted by atomic mass is 9.97. The minimum Gasteiger partial charge on any atom is -0.469 e. The van der Waals surface area contributed by atoms with Gasteiger partial charge in [-0.3, -0.25) is 14.4 Å². The quantitative estimate of drug-likeness (QED) is 0.517. The summed E-state index contributed by atoms with van der Waals surface area (Å²) in [6, 6.07) is 0. The molecule has 27 heavy (non-hydrogen) atoms. The lowest BCUT2D eigenvalue weighted by Crippen LogP contribution is -2.25. The van der Waals surface area contributed by atoms with Crippen LogP contribution in [-0.2, 0) is 37.4 Å². The molecule has 0 bridgehead atoms. The molecule has 0 fully saturated rings. The van der Waals surface area contributed by atoms with Crippen LogP contribution in [0.2, 0.25) is 0 Å². The minimum atomic E-state index is -0.682. The molecule has 0 aromatic carbocycles. The Bertz CT molecular complexity index is 674. The van der Waals surface area contributed by atoms with E-state index in [1.807, 2.05) is 7.05 Å². The highest BCUT2D eigenvalue weighted by Crippen LogP contribution is 2.24. The zero-order valence-corrected chi connectivity index (χ0v) is 16.8. The number of carbonyl (C=O) groups is 4. The molecule has 0 amide bonds. The van der Waals surface area contributed by atoms with Gasteiger partial charge in [-0.05, 0) is 13.5 Å². The van der Waals surface area contributed by atoms with E-state index in [1.165, 1.54) is 14.0 Å². The van der Waals surface area contributed by atoms with E-state index < -0.39 is 17.8 Å². The number of thioether (sulfide) groups is 1. The summed E-state index contributed by atoms with van der Waals surface area (Å²) in [5.74, 6) is -1.83. The molecule has 2 atom stereocenters. The summed E-state index contributed by atoms with van der Waals surface area (Å²) in [6.07, 6.45) is 3.98. The first-order valence-corrected chi connectivity index (χ1v) is 9.67. The summed E-state index contributed by atoms with van der Waals surface area (Å²) in [7, 11) is 3.07. The van der Waals surface area contributed by atoms with Crippen molar-refractivity contribution in [1.82, 2.24) is 9.55 Å². The van der Waals surface area contributed by atoms with Crippen LogP contribution < -0.4 is 5.73 Å². The molecule has 0 aliphatic heterocycles. The monoisotopic (exact) mass is 397 g/mol. The van der Waals surface area contributed by atoms with Crippen molar-refractivity contribution in [2.45, 2.75) is 32.6 Å². The molecule has 0 radical (unpaired) electrons. The van der Waals surface area contributed by atoms with Crippen molar-refractivity contribution >= 4 is 34.4 Å². The van der Waals surface area contributed by atoms with Gasteiger partial charge >= 0.3 is 5.97 Å². The number of hydrogen-bond donors (Lipinski definition) is 1. The van der Waals surface area contributed by atoms with Gasteiger partial charge in [0.25, 0.3) is 0 Å². The highest BCUT2D eigenvalue weighted by molar-refractivity contribution is 8.13. The Morgan fingerprint density at radius 3 is 2.48 bits per heavy atom. The average molecular weight is 397 g/mol. The van der Waals surface area contributed by atoms with E-state index in [0.717, 1.165) is 17.5 Å². The van der Waals surface area contributed by atoms with Crippen LogP contribution in [0, 0.1) is 11.8 Å². The number of carbonyl (C=O) groups excluding carboxylic acids is 4. The van der Waals surface area contributed by atoms with E-state index in [-0.39, 0.29) is 48.2 Å². The molecule has 8 nitrogen and oxygen atoms in total. The minimum absolute atomic E-state index is 0.0193. The van der Waals surface area contributed by atoms with E-state index in [1.54, 1.807) is 17.1 Å². The molecule has 0 saturated carbocycles. The van der Waals surface area contributed by atoms with Gasteiger partial charge in [0.2, 0.25) is 0 Å². The summed E-state index contributed by atoms with van der Waals surface area (Å²) in [5, 5.41) is -0.195. The summed E-state index contributed by atoms with van der Waals surface area (Å²) >= 11 is 0.961. The topological polar surface area (TPSA) is 121 Å². The molecule has 150 valence electrons. The Morgan fingerprint density at radius 2 is 1.96 bits per heavy atom. The van der Waals surface area contributed by atoms with Gasteiger partial charge in [-0.1, -0.05) is 11.8 Å². The third-order valence-electron chi connectivity index (χ3n) is 4.10. The number of ether oxygens (including phenoxy) is 1. The lowest BCUT2D eigenvalue weighted by Gasteiger charge is -2.17. The molecule has 0 saturated heterocycles. The van der Waals surface area contributed by atoms with Crippen molar-refractivity contribution < 1.29 is 23.9 Å². The lowest BCUT2D eigenvalue weighted by molar-refractivity contribution is -0.146. The molecule has 0 aliphatic rings. The van der Waals surface area contributed by atoms with E-state index in [0.29, 0.717) is 6.42 Å². The van der Waals surface area contributed by atoms with Crippen molar-refractivity contribution in [3.05, 3.63) is 18.2 Å². The Morgan fingerprint density at radius 1 is 1.26 bits per heavy atom. The molecule has 1 unspecified atom stereocenters. The van der Waals surface area contributed by atoms with Gasteiger partial charge < -0.3 is 19.8 Å². The van der Waals surface area contributed by atoms with E-state index in [4.69, 9.17) is 10.5 Å². The Balaban J connectivity index is 2.81. The van der Waals surface area contributed by atoms with Gasteiger partial charge in [0.1, 0.15) is 11.6 Å². The maximum Gasteiger partial charge on any atom is 0.309 e. The number of hydrogen-bond acceptors (Lipinski definition) is 8. The molecule has 1 aromatic heterocycles. The highest BCUT2D eigenvalue weighted by atomic mass is 32.2. The summed E-state index contributed by atoms with van der Waals surface area (Å²) in [5.41, 5.74) is 6.26. The summed E-state index contributed by atoms with van der Waals surface area (Å²) in [4.78, 5) is 52.0. The van der Waals surface area contributed by atoms with Crippen molar-refractivity contribution in [3.63, 3.8) is 0 Å². The number of aromatic nitrogens is 2.